The van der Waals surface area contributed by atoms with Crippen molar-refractivity contribution < 1.29 is 22.7 Å². The second-order valence-electron chi connectivity index (χ2n) is 7.16. The molecule has 31 heavy (non-hydrogen) atoms. The van der Waals surface area contributed by atoms with Gasteiger partial charge in [-0.3, -0.25) is 4.79 Å². The van der Waals surface area contributed by atoms with Gasteiger partial charge in [0.15, 0.2) is 11.5 Å². The predicted molar refractivity (Wildman–Crippen MR) is 121 cm³/mol. The zero-order valence-electron chi connectivity index (χ0n) is 17.7. The fourth-order valence-electron chi connectivity index (χ4n) is 3.30. The van der Waals surface area contributed by atoms with E-state index in [0.29, 0.717) is 49.1 Å². The van der Waals surface area contributed by atoms with E-state index in [0.717, 1.165) is 19.3 Å². The van der Waals surface area contributed by atoms with Gasteiger partial charge in [0.1, 0.15) is 0 Å². The number of nitrogens with one attached hydrogen (secondary N) is 1. The van der Waals surface area contributed by atoms with Crippen LogP contribution in [0.1, 0.15) is 43.5 Å². The van der Waals surface area contributed by atoms with Crippen LogP contribution < -0.4 is 14.8 Å². The number of anilines is 1. The molecule has 0 unspecified atom stereocenters. The minimum atomic E-state index is -3.49. The van der Waals surface area contributed by atoms with Crippen molar-refractivity contribution in [2.24, 2.45) is 0 Å². The van der Waals surface area contributed by atoms with Gasteiger partial charge in [-0.25, -0.2) is 8.42 Å². The van der Waals surface area contributed by atoms with E-state index in [1.54, 1.807) is 18.2 Å². The fraction of sp³-hybridized carbons (Fsp3) is 0.409. The van der Waals surface area contributed by atoms with Crippen molar-refractivity contribution in [1.82, 2.24) is 4.31 Å². The molecule has 1 aliphatic rings. The Kier molecular flexibility index (Phi) is 7.80. The van der Waals surface area contributed by atoms with E-state index in [4.69, 9.17) is 21.1 Å². The third-order valence-electron chi connectivity index (χ3n) is 4.84. The number of nitrogens with zero attached hydrogens (tertiary/aromatic N) is 1. The first-order valence-electron chi connectivity index (χ1n) is 10.4. The zero-order valence-corrected chi connectivity index (χ0v) is 19.3. The summed E-state index contributed by atoms with van der Waals surface area (Å²) < 4.78 is 38.0. The van der Waals surface area contributed by atoms with Crippen molar-refractivity contribution in [2.75, 3.05) is 31.6 Å². The molecule has 2 aromatic carbocycles. The Balaban J connectivity index is 1.76. The molecule has 168 valence electrons. The van der Waals surface area contributed by atoms with Gasteiger partial charge < -0.3 is 14.8 Å². The standard InChI is InChI=1S/C22H27ClN2O5S/c1-3-13-30-21-19(23)14-16(15-20(21)29-4-2)22(26)24-17-7-9-18(10-8-17)31(27,28)25-11-5-6-12-25/h7-10,14-15H,3-6,11-13H2,1-2H3,(H,24,26). The summed E-state index contributed by atoms with van der Waals surface area (Å²) in [4.78, 5) is 13.0. The second-order valence-corrected chi connectivity index (χ2v) is 9.50. The highest BCUT2D eigenvalue weighted by atomic mass is 35.5. The quantitative estimate of drug-likeness (QED) is 0.585. The third kappa shape index (κ3) is 5.50. The van der Waals surface area contributed by atoms with Crippen LogP contribution in [0.3, 0.4) is 0 Å². The summed E-state index contributed by atoms with van der Waals surface area (Å²) in [5.74, 6) is 0.430. The minimum Gasteiger partial charge on any atom is -0.490 e. The molecule has 0 atom stereocenters. The Hall–Kier alpha value is -2.29. The lowest BCUT2D eigenvalue weighted by Crippen LogP contribution is -2.27. The lowest BCUT2D eigenvalue weighted by atomic mass is 10.1. The summed E-state index contributed by atoms with van der Waals surface area (Å²) in [6.45, 7) is 5.79. The molecule has 1 N–H and O–H groups in total. The van der Waals surface area contributed by atoms with E-state index in [-0.39, 0.29) is 15.8 Å². The van der Waals surface area contributed by atoms with Crippen molar-refractivity contribution in [3.8, 4) is 11.5 Å². The van der Waals surface area contributed by atoms with Crippen LogP contribution in [0.4, 0.5) is 5.69 Å². The first-order chi connectivity index (χ1) is 14.9. The molecule has 1 heterocycles. The maximum atomic E-state index is 12.7. The smallest absolute Gasteiger partial charge is 0.255 e. The van der Waals surface area contributed by atoms with Gasteiger partial charge in [0.05, 0.1) is 23.1 Å². The summed E-state index contributed by atoms with van der Waals surface area (Å²) in [6.07, 6.45) is 2.57. The van der Waals surface area contributed by atoms with Crippen molar-refractivity contribution in [3.05, 3.63) is 47.0 Å². The highest BCUT2D eigenvalue weighted by Crippen LogP contribution is 2.37. The Morgan fingerprint density at radius 3 is 2.39 bits per heavy atom. The SMILES string of the molecule is CCCOc1c(Cl)cc(C(=O)Nc2ccc(S(=O)(=O)N3CCCC3)cc2)cc1OCC. The number of carbonyl (C=O) groups excluding carboxylic acids is 1. The van der Waals surface area contributed by atoms with Crippen LogP contribution >= 0.6 is 11.6 Å². The van der Waals surface area contributed by atoms with Gasteiger partial charge in [-0.2, -0.15) is 4.31 Å². The van der Waals surface area contributed by atoms with Crippen molar-refractivity contribution in [3.63, 3.8) is 0 Å². The third-order valence-corrected chi connectivity index (χ3v) is 7.03. The maximum Gasteiger partial charge on any atom is 0.255 e. The number of amides is 1. The molecular weight excluding hydrogens is 440 g/mol. The van der Waals surface area contributed by atoms with Crippen LogP contribution in [0.15, 0.2) is 41.3 Å². The van der Waals surface area contributed by atoms with Gasteiger partial charge >= 0.3 is 0 Å². The van der Waals surface area contributed by atoms with Gasteiger partial charge in [-0.15, -0.1) is 0 Å². The van der Waals surface area contributed by atoms with Gasteiger partial charge in [-0.1, -0.05) is 18.5 Å². The maximum absolute atomic E-state index is 12.7. The van der Waals surface area contributed by atoms with E-state index in [2.05, 4.69) is 5.32 Å². The van der Waals surface area contributed by atoms with Crippen molar-refractivity contribution in [2.45, 2.75) is 38.0 Å². The molecule has 7 nitrogen and oxygen atoms in total. The largest absolute Gasteiger partial charge is 0.490 e. The number of carbonyl (C=O) groups is 1. The fourth-order valence-corrected chi connectivity index (χ4v) is 5.08. The Bertz CT molecular complexity index is 1020. The molecule has 0 radical (unpaired) electrons. The van der Waals surface area contributed by atoms with Gasteiger partial charge in [0, 0.05) is 24.3 Å². The Morgan fingerprint density at radius 2 is 1.77 bits per heavy atom. The number of hydrogen-bond donors (Lipinski definition) is 1. The Labute approximate surface area is 188 Å². The number of sulfonamides is 1. The summed E-state index contributed by atoms with van der Waals surface area (Å²) >= 11 is 6.33. The van der Waals surface area contributed by atoms with Crippen LogP contribution in [-0.4, -0.2) is 44.9 Å². The number of hydrogen-bond acceptors (Lipinski definition) is 5. The summed E-state index contributed by atoms with van der Waals surface area (Å²) in [5.41, 5.74) is 0.789. The number of ether oxygens (including phenoxy) is 2. The molecule has 0 spiro atoms. The molecule has 0 saturated carbocycles. The summed E-state index contributed by atoms with van der Waals surface area (Å²) in [7, 11) is -3.49. The van der Waals surface area contributed by atoms with Crippen LogP contribution in [0.2, 0.25) is 5.02 Å². The molecule has 1 saturated heterocycles. The molecule has 1 aliphatic heterocycles. The van der Waals surface area contributed by atoms with E-state index in [9.17, 15) is 13.2 Å². The molecule has 1 amide bonds. The highest BCUT2D eigenvalue weighted by molar-refractivity contribution is 7.89. The molecule has 3 rings (SSSR count). The number of rotatable bonds is 9. The first-order valence-corrected chi connectivity index (χ1v) is 12.2. The summed E-state index contributed by atoms with van der Waals surface area (Å²) in [5, 5.41) is 3.05. The average Bonchev–Trinajstić information content (AvgIpc) is 3.29. The molecule has 0 aliphatic carbocycles. The lowest BCUT2D eigenvalue weighted by molar-refractivity contribution is 0.102. The average molecular weight is 467 g/mol. The minimum absolute atomic E-state index is 0.214. The summed E-state index contributed by atoms with van der Waals surface area (Å²) in [6, 6.07) is 9.26. The molecule has 0 aromatic heterocycles. The van der Waals surface area contributed by atoms with Gasteiger partial charge in [-0.05, 0) is 62.6 Å². The van der Waals surface area contributed by atoms with Crippen LogP contribution in [0.5, 0.6) is 11.5 Å². The highest BCUT2D eigenvalue weighted by Gasteiger charge is 2.27. The topological polar surface area (TPSA) is 84.9 Å². The number of benzene rings is 2. The zero-order chi connectivity index (χ0) is 22.4. The van der Waals surface area contributed by atoms with Crippen LogP contribution in [0.25, 0.3) is 0 Å². The normalized spacial score (nSPS) is 14.4. The lowest BCUT2D eigenvalue weighted by Gasteiger charge is -2.16. The van der Waals surface area contributed by atoms with Crippen molar-refractivity contribution >= 4 is 33.2 Å². The molecule has 2 aromatic rings. The van der Waals surface area contributed by atoms with Crippen LogP contribution in [-0.2, 0) is 10.0 Å². The predicted octanol–water partition coefficient (Wildman–Crippen LogP) is 4.56. The molecular formula is C22H27ClN2O5S. The van der Waals surface area contributed by atoms with Gasteiger partial charge in [0.25, 0.3) is 5.91 Å². The Morgan fingerprint density at radius 1 is 1.10 bits per heavy atom. The molecule has 9 heteroatoms. The van der Waals surface area contributed by atoms with Crippen LogP contribution in [0, 0.1) is 0 Å². The van der Waals surface area contributed by atoms with Gasteiger partial charge in [0.2, 0.25) is 10.0 Å². The van der Waals surface area contributed by atoms with E-state index >= 15 is 0 Å². The monoisotopic (exact) mass is 466 g/mol. The van der Waals surface area contributed by atoms with E-state index in [1.807, 2.05) is 13.8 Å². The number of halogens is 1. The first kappa shape index (κ1) is 23.4. The molecule has 1 fully saturated rings. The van der Waals surface area contributed by atoms with Crippen molar-refractivity contribution in [1.29, 1.82) is 0 Å². The second kappa shape index (κ2) is 10.3. The molecule has 0 bridgehead atoms. The van der Waals surface area contributed by atoms with E-state index in [1.165, 1.54) is 22.5 Å². The van der Waals surface area contributed by atoms with E-state index < -0.39 is 10.0 Å².